The van der Waals surface area contributed by atoms with Crippen LogP contribution in [0.3, 0.4) is 0 Å². The van der Waals surface area contributed by atoms with Gasteiger partial charge in [-0.3, -0.25) is 14.3 Å². The van der Waals surface area contributed by atoms with E-state index in [2.05, 4.69) is 16.9 Å². The topological polar surface area (TPSA) is 138 Å². The van der Waals surface area contributed by atoms with E-state index in [-0.39, 0.29) is 34.8 Å². The Morgan fingerprint density at radius 2 is 1.82 bits per heavy atom. The Morgan fingerprint density at radius 1 is 1.10 bits per heavy atom. The van der Waals surface area contributed by atoms with Crippen LogP contribution in [-0.4, -0.2) is 69.2 Å². The van der Waals surface area contributed by atoms with E-state index in [1.807, 2.05) is 6.92 Å². The molecule has 0 aliphatic carbocycles. The lowest BCUT2D eigenvalue weighted by atomic mass is 10.2. The molecule has 2 aliphatic heterocycles. The third kappa shape index (κ3) is 8.78. The van der Waals surface area contributed by atoms with Crippen molar-refractivity contribution in [2.75, 3.05) is 13.2 Å². The van der Waals surface area contributed by atoms with Crippen LogP contribution in [0.15, 0.2) is 60.2 Å². The normalized spacial score (nSPS) is 22.6. The molecule has 11 nitrogen and oxygen atoms in total. The fourth-order valence-corrected chi connectivity index (χ4v) is 6.18. The molecule has 1 amide bonds. The van der Waals surface area contributed by atoms with E-state index < -0.39 is 27.1 Å². The van der Waals surface area contributed by atoms with Crippen LogP contribution in [0, 0.1) is 0 Å². The first-order valence-corrected chi connectivity index (χ1v) is 15.3. The molecule has 2 atom stereocenters. The summed E-state index contributed by atoms with van der Waals surface area (Å²) in [6, 6.07) is 5.12. The van der Waals surface area contributed by atoms with Crippen LogP contribution in [0.1, 0.15) is 55.6 Å². The maximum atomic E-state index is 13.3. The van der Waals surface area contributed by atoms with Gasteiger partial charge < -0.3 is 9.47 Å². The molecule has 0 fully saturated rings. The fourth-order valence-electron chi connectivity index (χ4n) is 3.83. The van der Waals surface area contributed by atoms with Crippen molar-refractivity contribution in [3.05, 3.63) is 66.5 Å². The average Bonchev–Trinajstić information content (AvgIpc) is 3.40. The number of thioether (sulfide) groups is 1. The Labute approximate surface area is 238 Å². The largest absolute Gasteiger partial charge is 0.465 e. The van der Waals surface area contributed by atoms with Crippen LogP contribution in [0.5, 0.6) is 0 Å². The smallest absolute Gasteiger partial charge is 0.338 e. The van der Waals surface area contributed by atoms with Gasteiger partial charge in [0.15, 0.2) is 0 Å². The Hall–Kier alpha value is -3.45. The summed E-state index contributed by atoms with van der Waals surface area (Å²) in [6.07, 6.45) is 9.36. The summed E-state index contributed by atoms with van der Waals surface area (Å²) >= 11 is 1.36. The van der Waals surface area contributed by atoms with Gasteiger partial charge in [0.2, 0.25) is 0 Å². The minimum atomic E-state index is -4.24. The second kappa shape index (κ2) is 14.8. The Morgan fingerprint density at radius 3 is 2.55 bits per heavy atom. The van der Waals surface area contributed by atoms with Crippen molar-refractivity contribution in [1.29, 1.82) is 0 Å². The van der Waals surface area contributed by atoms with Gasteiger partial charge in [-0.1, -0.05) is 30.4 Å². The molecular weight excluding hydrogens is 556 g/mol. The molecule has 2 aromatic rings. The van der Waals surface area contributed by atoms with Crippen LogP contribution in [0.25, 0.3) is 0 Å². The number of hydrogen-bond donors (Lipinski definition) is 0. The minimum absolute atomic E-state index is 0.0899. The molecule has 4 bridgehead atoms. The Balaban J connectivity index is 1.80. The highest BCUT2D eigenvalue weighted by Gasteiger charge is 2.27. The van der Waals surface area contributed by atoms with E-state index >= 15 is 0 Å². The van der Waals surface area contributed by atoms with E-state index in [9.17, 15) is 22.8 Å². The van der Waals surface area contributed by atoms with Gasteiger partial charge in [0.05, 0.1) is 29.8 Å². The van der Waals surface area contributed by atoms with E-state index in [4.69, 9.17) is 9.47 Å². The van der Waals surface area contributed by atoms with Gasteiger partial charge >= 0.3 is 11.9 Å². The number of ether oxygens (including phenoxy) is 2. The molecule has 2 aliphatic rings. The van der Waals surface area contributed by atoms with Crippen LogP contribution < -0.4 is 0 Å². The standard InChI is InChI=1S/C27H34N4O7S2/c1-4-25(32)31-16-9-10-20(2)39-21(3)26(33)37-17-8-6-5-7-15-30-18-23(28-29-30)19-38-27(34)22-11-13-24(14-12-22)40(31,35)36/h4,9-14,18,20-21H,1,5-8,15-17,19H2,2-3H3/b10-9+. The van der Waals surface area contributed by atoms with Crippen LogP contribution in [0.2, 0.25) is 0 Å². The lowest BCUT2D eigenvalue weighted by Gasteiger charge is -2.20. The van der Waals surface area contributed by atoms with Gasteiger partial charge in [-0.2, -0.15) is 0 Å². The number of amides is 1. The van der Waals surface area contributed by atoms with E-state index in [1.54, 1.807) is 30.0 Å². The number of hydrogen-bond acceptors (Lipinski definition) is 10. The van der Waals surface area contributed by atoms with Crippen molar-refractivity contribution >= 4 is 39.6 Å². The molecule has 0 N–H and O–H groups in total. The van der Waals surface area contributed by atoms with Crippen molar-refractivity contribution in [2.24, 2.45) is 0 Å². The van der Waals surface area contributed by atoms with E-state index in [0.29, 0.717) is 23.2 Å². The number of aromatic nitrogens is 3. The number of carbonyl (C=O) groups excluding carboxylic acids is 3. The van der Waals surface area contributed by atoms with Gasteiger partial charge in [0.1, 0.15) is 17.6 Å². The summed E-state index contributed by atoms with van der Waals surface area (Å²) in [5, 5.41) is 7.50. The number of benzene rings is 1. The van der Waals surface area contributed by atoms with Gasteiger partial charge in [0.25, 0.3) is 15.9 Å². The molecule has 0 radical (unpaired) electrons. The summed E-state index contributed by atoms with van der Waals surface area (Å²) < 4.78 is 39.6. The average molecular weight is 591 g/mol. The zero-order chi connectivity index (χ0) is 29.1. The number of esters is 2. The number of fused-ring (bicyclic) bond motifs is 18. The molecule has 1 aromatic heterocycles. The molecule has 1 aromatic carbocycles. The van der Waals surface area contributed by atoms with Gasteiger partial charge in [-0.15, -0.1) is 16.9 Å². The zero-order valence-electron chi connectivity index (χ0n) is 22.6. The fraction of sp³-hybridized carbons (Fsp3) is 0.444. The first kappa shape index (κ1) is 31.1. The third-order valence-corrected chi connectivity index (χ3v) is 8.95. The monoisotopic (exact) mass is 590 g/mol. The predicted molar refractivity (Wildman–Crippen MR) is 150 cm³/mol. The van der Waals surface area contributed by atoms with E-state index in [0.717, 1.165) is 31.8 Å². The number of aryl methyl sites for hydroxylation is 1. The van der Waals surface area contributed by atoms with Gasteiger partial charge in [-0.25, -0.2) is 17.5 Å². The van der Waals surface area contributed by atoms with Crippen LogP contribution in [0.4, 0.5) is 0 Å². The predicted octanol–water partition coefficient (Wildman–Crippen LogP) is 3.52. The van der Waals surface area contributed by atoms with Crippen molar-refractivity contribution in [3.8, 4) is 0 Å². The highest BCUT2D eigenvalue weighted by Crippen LogP contribution is 2.21. The molecule has 4 rings (SSSR count). The van der Waals surface area contributed by atoms with Crippen LogP contribution in [-0.2, 0) is 42.2 Å². The molecular formula is C27H34N4O7S2. The second-order valence-electron chi connectivity index (χ2n) is 9.15. The highest BCUT2D eigenvalue weighted by atomic mass is 32.2. The number of rotatable bonds is 1. The van der Waals surface area contributed by atoms with Crippen molar-refractivity contribution in [3.63, 3.8) is 0 Å². The summed E-state index contributed by atoms with van der Waals surface area (Å²) in [4.78, 5) is 37.2. The first-order valence-electron chi connectivity index (χ1n) is 13.0. The molecule has 216 valence electrons. The van der Waals surface area contributed by atoms with Crippen molar-refractivity contribution < 1.29 is 32.3 Å². The first-order chi connectivity index (χ1) is 19.1. The Kier molecular flexibility index (Phi) is 11.5. The molecule has 0 spiro atoms. The summed E-state index contributed by atoms with van der Waals surface area (Å²) in [5.74, 6) is -1.76. The minimum Gasteiger partial charge on any atom is -0.465 e. The maximum absolute atomic E-state index is 13.3. The van der Waals surface area contributed by atoms with Crippen LogP contribution >= 0.6 is 11.8 Å². The highest BCUT2D eigenvalue weighted by molar-refractivity contribution is 8.01. The second-order valence-corrected chi connectivity index (χ2v) is 12.7. The molecule has 0 saturated heterocycles. The molecule has 40 heavy (non-hydrogen) atoms. The number of sulfonamides is 1. The van der Waals surface area contributed by atoms with Gasteiger partial charge in [0, 0.05) is 11.8 Å². The van der Waals surface area contributed by atoms with Gasteiger partial charge in [-0.05, 0) is 63.5 Å². The molecule has 3 heterocycles. The summed E-state index contributed by atoms with van der Waals surface area (Å²) in [7, 11) is -4.24. The molecule has 0 saturated carbocycles. The number of nitrogens with zero attached hydrogens (tertiary/aromatic N) is 4. The lowest BCUT2D eigenvalue weighted by molar-refractivity contribution is -0.142. The zero-order valence-corrected chi connectivity index (χ0v) is 24.2. The Bertz CT molecular complexity index is 1320. The third-order valence-electron chi connectivity index (χ3n) is 5.99. The van der Waals surface area contributed by atoms with Crippen molar-refractivity contribution in [1.82, 2.24) is 19.3 Å². The quantitative estimate of drug-likeness (QED) is 0.275. The lowest BCUT2D eigenvalue weighted by Crippen LogP contribution is -2.36. The summed E-state index contributed by atoms with van der Waals surface area (Å²) in [6.45, 7) is 7.70. The summed E-state index contributed by atoms with van der Waals surface area (Å²) in [5.41, 5.74) is 0.626. The van der Waals surface area contributed by atoms with Crippen molar-refractivity contribution in [2.45, 2.75) is 68.1 Å². The van der Waals surface area contributed by atoms with E-state index in [1.165, 1.54) is 36.0 Å². The SMILES string of the molecule is C=CC(=O)N1C/C=C/C(C)SC(C)C(=O)OCCCCCCn2cc(nn2)COC(=O)c2ccc(cc2)S1(=O)=O. The number of carbonyl (C=O) groups is 3. The molecule has 2 unspecified atom stereocenters. The maximum Gasteiger partial charge on any atom is 0.338 e. The molecule has 13 heteroatoms.